The molecule has 1 aromatic carbocycles. The quantitative estimate of drug-likeness (QED) is 0.346. The van der Waals surface area contributed by atoms with E-state index >= 15 is 0 Å². The number of hydrogen-bond acceptors (Lipinski definition) is 6. The van der Waals surface area contributed by atoms with Crippen LogP contribution in [0.4, 0.5) is 5.82 Å². The van der Waals surface area contributed by atoms with Gasteiger partial charge in [-0.05, 0) is 92.4 Å². The third-order valence-corrected chi connectivity index (χ3v) is 7.86. The molecule has 0 saturated heterocycles. The van der Waals surface area contributed by atoms with Gasteiger partial charge in [-0.2, -0.15) is 5.10 Å². The van der Waals surface area contributed by atoms with Crippen molar-refractivity contribution in [2.45, 2.75) is 38.1 Å². The van der Waals surface area contributed by atoms with Crippen molar-refractivity contribution < 1.29 is 0 Å². The normalized spacial score (nSPS) is 17.1. The lowest BCUT2D eigenvalue weighted by Crippen LogP contribution is -2.24. The summed E-state index contributed by atoms with van der Waals surface area (Å²) in [6, 6.07) is 17.0. The molecule has 0 bridgehead atoms. The summed E-state index contributed by atoms with van der Waals surface area (Å²) in [6.07, 6.45) is 11.7. The highest BCUT2D eigenvalue weighted by Gasteiger charge is 2.29. The number of hydrogen-bond donors (Lipinski definition) is 1. The fraction of sp³-hybridized carbons (Fsp3) is 0.310. The maximum atomic E-state index is 6.32. The minimum Gasteiger partial charge on any atom is -0.383 e. The van der Waals surface area contributed by atoms with Crippen LogP contribution in [0.15, 0.2) is 67.1 Å². The third-order valence-electron chi connectivity index (χ3n) is 7.86. The Morgan fingerprint density at radius 1 is 1.03 bits per heavy atom. The lowest BCUT2D eigenvalue weighted by Gasteiger charge is -2.25. The number of anilines is 1. The highest BCUT2D eigenvalue weighted by atomic mass is 15.3. The minimum atomic E-state index is 0.449. The number of aromatic nitrogens is 6. The van der Waals surface area contributed by atoms with Crippen LogP contribution in [0.2, 0.25) is 0 Å². The first-order chi connectivity index (χ1) is 18.2. The average Bonchev–Trinajstić information content (AvgIpc) is 3.29. The van der Waals surface area contributed by atoms with Gasteiger partial charge in [-0.1, -0.05) is 18.9 Å². The first-order valence-electron chi connectivity index (χ1n) is 13.1. The van der Waals surface area contributed by atoms with Gasteiger partial charge >= 0.3 is 0 Å². The van der Waals surface area contributed by atoms with E-state index in [0.717, 1.165) is 52.8 Å². The zero-order chi connectivity index (χ0) is 24.9. The number of aryl methyl sites for hydroxylation is 1. The van der Waals surface area contributed by atoms with Gasteiger partial charge in [0.1, 0.15) is 11.3 Å². The van der Waals surface area contributed by atoms with Crippen LogP contribution >= 0.6 is 0 Å². The molecule has 0 amide bonds. The molecule has 7 rings (SSSR count). The molecular formula is C29H30N8. The Labute approximate surface area is 215 Å². The van der Waals surface area contributed by atoms with Crippen molar-refractivity contribution >= 4 is 17.0 Å². The summed E-state index contributed by atoms with van der Waals surface area (Å²) in [5.74, 6) is 2.88. The van der Waals surface area contributed by atoms with Gasteiger partial charge in [-0.3, -0.25) is 9.47 Å². The van der Waals surface area contributed by atoms with E-state index in [9.17, 15) is 0 Å². The van der Waals surface area contributed by atoms with Crippen LogP contribution in [0.5, 0.6) is 0 Å². The second-order valence-electron chi connectivity index (χ2n) is 10.3. The highest BCUT2D eigenvalue weighted by molar-refractivity contribution is 5.83. The number of nitrogens with zero attached hydrogens (tertiary/aromatic N) is 7. The van der Waals surface area contributed by atoms with Gasteiger partial charge in [0.25, 0.3) is 0 Å². The second kappa shape index (κ2) is 8.81. The number of nitrogen functional groups attached to an aromatic ring is 1. The summed E-state index contributed by atoms with van der Waals surface area (Å²) < 4.78 is 3.87. The molecule has 2 N–H and O–H groups in total. The Balaban J connectivity index is 1.34. The second-order valence-corrected chi connectivity index (χ2v) is 10.3. The van der Waals surface area contributed by atoms with Gasteiger partial charge in [0, 0.05) is 30.3 Å². The number of imidazole rings is 1. The molecule has 37 heavy (non-hydrogen) atoms. The molecule has 5 aromatic rings. The number of benzene rings is 1. The third kappa shape index (κ3) is 3.97. The number of nitrogens with two attached hydrogens (primary N) is 1. The molecule has 8 heteroatoms. The van der Waals surface area contributed by atoms with Gasteiger partial charge in [-0.15, -0.1) is 0 Å². The van der Waals surface area contributed by atoms with Gasteiger partial charge in [0.15, 0.2) is 17.3 Å². The number of pyridine rings is 2. The maximum absolute atomic E-state index is 6.32. The van der Waals surface area contributed by atoms with E-state index < -0.39 is 0 Å². The summed E-state index contributed by atoms with van der Waals surface area (Å²) in [7, 11) is 2.28. The SMILES string of the molecule is CN(CCC1CC1)[C@H]1CCc2cc(-n3c(-c4cccnc4N)nc4ccc(-n5cccn5)nc43)ccc21. The first-order valence-corrected chi connectivity index (χ1v) is 13.1. The van der Waals surface area contributed by atoms with Crippen molar-refractivity contribution in [2.24, 2.45) is 5.92 Å². The molecule has 1 atom stereocenters. The zero-order valence-electron chi connectivity index (χ0n) is 21.0. The molecule has 0 spiro atoms. The smallest absolute Gasteiger partial charge is 0.167 e. The highest BCUT2D eigenvalue weighted by Crippen LogP contribution is 2.39. The fourth-order valence-electron chi connectivity index (χ4n) is 5.64. The summed E-state index contributed by atoms with van der Waals surface area (Å²) >= 11 is 0. The summed E-state index contributed by atoms with van der Waals surface area (Å²) in [4.78, 5) is 16.8. The van der Waals surface area contributed by atoms with Gasteiger partial charge in [-0.25, -0.2) is 19.6 Å². The Hall–Kier alpha value is -4.04. The van der Waals surface area contributed by atoms with Crippen LogP contribution in [-0.4, -0.2) is 47.8 Å². The Kier molecular flexibility index (Phi) is 5.28. The van der Waals surface area contributed by atoms with Crippen LogP contribution in [0, 0.1) is 5.92 Å². The molecule has 0 radical (unpaired) electrons. The summed E-state index contributed by atoms with van der Waals surface area (Å²) in [5, 5.41) is 4.37. The molecule has 1 saturated carbocycles. The molecule has 2 aliphatic carbocycles. The van der Waals surface area contributed by atoms with Crippen molar-refractivity contribution in [3.8, 4) is 22.9 Å². The lowest BCUT2D eigenvalue weighted by molar-refractivity contribution is 0.237. The Morgan fingerprint density at radius 2 is 1.95 bits per heavy atom. The molecular weight excluding hydrogens is 460 g/mol. The standard InChI is InChI=1S/C29H30N8/c1-35(17-13-19-5-6-19)25-11-7-20-18-21(8-9-22(20)25)37-28(23-4-2-14-31-27(23)30)33-24-10-12-26(34-29(24)37)36-16-3-15-32-36/h2-4,8-10,12,14-16,18-19,25H,5-7,11,13,17H2,1H3,(H2,30,31)/t25-/m0/s1. The largest absolute Gasteiger partial charge is 0.383 e. The van der Waals surface area contributed by atoms with E-state index in [4.69, 9.17) is 15.7 Å². The van der Waals surface area contributed by atoms with Crippen molar-refractivity contribution in [3.63, 3.8) is 0 Å². The van der Waals surface area contributed by atoms with Gasteiger partial charge in [0.05, 0.1) is 5.56 Å². The molecule has 4 heterocycles. The minimum absolute atomic E-state index is 0.449. The van der Waals surface area contributed by atoms with Crippen molar-refractivity contribution in [3.05, 3.63) is 78.2 Å². The van der Waals surface area contributed by atoms with Crippen molar-refractivity contribution in [1.29, 1.82) is 0 Å². The summed E-state index contributed by atoms with van der Waals surface area (Å²) in [6.45, 7) is 1.17. The van der Waals surface area contributed by atoms with Crippen LogP contribution in [0.25, 0.3) is 34.1 Å². The lowest BCUT2D eigenvalue weighted by atomic mass is 10.1. The van der Waals surface area contributed by atoms with Crippen molar-refractivity contribution in [1.82, 2.24) is 34.2 Å². The molecule has 2 aliphatic rings. The van der Waals surface area contributed by atoms with Crippen LogP contribution in [-0.2, 0) is 6.42 Å². The first kappa shape index (κ1) is 22.2. The monoisotopic (exact) mass is 490 g/mol. The van der Waals surface area contributed by atoms with Crippen molar-refractivity contribution in [2.75, 3.05) is 19.3 Å². The van der Waals surface area contributed by atoms with Crippen LogP contribution < -0.4 is 5.73 Å². The molecule has 0 aliphatic heterocycles. The van der Waals surface area contributed by atoms with E-state index in [1.165, 1.54) is 36.9 Å². The van der Waals surface area contributed by atoms with E-state index in [-0.39, 0.29) is 0 Å². The predicted molar refractivity (Wildman–Crippen MR) is 145 cm³/mol. The molecule has 8 nitrogen and oxygen atoms in total. The van der Waals surface area contributed by atoms with E-state index in [1.807, 2.05) is 36.5 Å². The summed E-state index contributed by atoms with van der Waals surface area (Å²) in [5.41, 5.74) is 12.6. The van der Waals surface area contributed by atoms with E-state index in [2.05, 4.69) is 44.8 Å². The predicted octanol–water partition coefficient (Wildman–Crippen LogP) is 4.97. The molecule has 0 unspecified atom stereocenters. The van der Waals surface area contributed by atoms with Crippen LogP contribution in [0.3, 0.4) is 0 Å². The van der Waals surface area contributed by atoms with E-state index in [1.54, 1.807) is 17.1 Å². The fourth-order valence-corrected chi connectivity index (χ4v) is 5.64. The maximum Gasteiger partial charge on any atom is 0.167 e. The zero-order valence-corrected chi connectivity index (χ0v) is 21.0. The Bertz CT molecular complexity index is 1580. The van der Waals surface area contributed by atoms with Gasteiger partial charge in [0.2, 0.25) is 0 Å². The topological polar surface area (TPSA) is 90.7 Å². The van der Waals surface area contributed by atoms with Crippen LogP contribution in [0.1, 0.15) is 42.9 Å². The van der Waals surface area contributed by atoms with Gasteiger partial charge < -0.3 is 5.73 Å². The molecule has 186 valence electrons. The molecule has 1 fully saturated rings. The average molecular weight is 491 g/mol. The Morgan fingerprint density at radius 3 is 2.76 bits per heavy atom. The molecule has 4 aromatic heterocycles. The van der Waals surface area contributed by atoms with E-state index in [0.29, 0.717) is 11.9 Å². The number of rotatable bonds is 7. The number of fused-ring (bicyclic) bond motifs is 2.